The average molecular weight is 412 g/mol. The molecular weight excluding hydrogens is 390 g/mol. The molecule has 1 aromatic heterocycles. The Morgan fingerprint density at radius 3 is 2.66 bits per heavy atom. The molecule has 0 spiro atoms. The van der Waals surface area contributed by atoms with Gasteiger partial charge < -0.3 is 14.2 Å². The van der Waals surface area contributed by atoms with E-state index in [4.69, 9.17) is 20.9 Å². The van der Waals surface area contributed by atoms with Crippen molar-refractivity contribution in [2.24, 2.45) is 0 Å². The number of ether oxygens (including phenoxy) is 1. The lowest BCUT2D eigenvalue weighted by Crippen LogP contribution is -2.24. The highest BCUT2D eigenvalue weighted by Gasteiger charge is 2.35. The zero-order chi connectivity index (χ0) is 20.2. The van der Waals surface area contributed by atoms with Crippen molar-refractivity contribution in [2.75, 3.05) is 18.1 Å². The fourth-order valence-corrected chi connectivity index (χ4v) is 3.42. The second kappa shape index (κ2) is 8.66. The molecule has 6 nitrogen and oxygen atoms in total. The van der Waals surface area contributed by atoms with Gasteiger partial charge >= 0.3 is 0 Å². The predicted octanol–water partition coefficient (Wildman–Crippen LogP) is 5.09. The molecule has 29 heavy (non-hydrogen) atoms. The molecular formula is C22H22ClN3O3. The maximum Gasteiger partial charge on any atom is 0.232 e. The van der Waals surface area contributed by atoms with Crippen molar-refractivity contribution in [3.05, 3.63) is 59.4 Å². The number of aromatic nitrogens is 2. The Bertz CT molecular complexity index is 970. The number of anilines is 1. The van der Waals surface area contributed by atoms with E-state index in [1.165, 1.54) is 0 Å². The summed E-state index contributed by atoms with van der Waals surface area (Å²) in [6.45, 7) is 3.35. The van der Waals surface area contributed by atoms with Gasteiger partial charge in [-0.15, -0.1) is 0 Å². The van der Waals surface area contributed by atoms with Crippen molar-refractivity contribution in [3.63, 3.8) is 0 Å². The topological polar surface area (TPSA) is 68.5 Å². The Hall–Kier alpha value is -2.86. The third-order valence-electron chi connectivity index (χ3n) is 4.93. The number of carbonyl (C=O) groups excluding carboxylic acids is 1. The van der Waals surface area contributed by atoms with E-state index in [0.29, 0.717) is 36.3 Å². The Morgan fingerprint density at radius 1 is 1.17 bits per heavy atom. The van der Waals surface area contributed by atoms with Crippen LogP contribution in [0, 0.1) is 0 Å². The number of hydrogen-bond donors (Lipinski definition) is 0. The minimum absolute atomic E-state index is 0.0330. The molecule has 7 heteroatoms. The summed E-state index contributed by atoms with van der Waals surface area (Å²) in [6.07, 6.45) is 2.47. The Kier molecular flexibility index (Phi) is 5.81. The molecule has 1 amide bonds. The summed E-state index contributed by atoms with van der Waals surface area (Å²) in [5, 5.41) is 4.74. The molecule has 1 aliphatic rings. The fraction of sp³-hybridized carbons (Fsp3) is 0.318. The number of nitrogens with zero attached hydrogens (tertiary/aromatic N) is 3. The van der Waals surface area contributed by atoms with E-state index in [-0.39, 0.29) is 11.8 Å². The summed E-state index contributed by atoms with van der Waals surface area (Å²) in [7, 11) is 0. The molecule has 0 saturated carbocycles. The monoisotopic (exact) mass is 411 g/mol. The van der Waals surface area contributed by atoms with Gasteiger partial charge in [-0.1, -0.05) is 30.1 Å². The molecule has 4 rings (SSSR count). The average Bonchev–Trinajstić information content (AvgIpc) is 3.36. The molecule has 1 saturated heterocycles. The first kappa shape index (κ1) is 19.5. The molecule has 1 unspecified atom stereocenters. The van der Waals surface area contributed by atoms with Gasteiger partial charge in [0.1, 0.15) is 5.75 Å². The third kappa shape index (κ3) is 4.43. The van der Waals surface area contributed by atoms with Gasteiger partial charge in [-0.2, -0.15) is 4.98 Å². The van der Waals surface area contributed by atoms with Crippen LogP contribution in [0.15, 0.2) is 53.1 Å². The van der Waals surface area contributed by atoms with Crippen LogP contribution in [0.5, 0.6) is 5.75 Å². The van der Waals surface area contributed by atoms with Gasteiger partial charge in [0.25, 0.3) is 0 Å². The number of carbonyl (C=O) groups is 1. The number of unbranched alkanes of at least 4 members (excludes halogenated alkanes) is 1. The van der Waals surface area contributed by atoms with Crippen LogP contribution in [-0.2, 0) is 4.79 Å². The highest BCUT2D eigenvalue weighted by molar-refractivity contribution is 6.30. The van der Waals surface area contributed by atoms with Crippen molar-refractivity contribution < 1.29 is 14.1 Å². The second-order valence-corrected chi connectivity index (χ2v) is 7.50. The molecule has 3 aromatic rings. The van der Waals surface area contributed by atoms with Gasteiger partial charge in [0.2, 0.25) is 17.6 Å². The molecule has 2 heterocycles. The van der Waals surface area contributed by atoms with E-state index in [1.807, 2.05) is 36.4 Å². The van der Waals surface area contributed by atoms with Crippen molar-refractivity contribution in [2.45, 2.75) is 32.1 Å². The van der Waals surface area contributed by atoms with E-state index in [0.717, 1.165) is 29.8 Å². The van der Waals surface area contributed by atoms with Crippen molar-refractivity contribution in [1.82, 2.24) is 10.1 Å². The zero-order valence-corrected chi connectivity index (χ0v) is 16.9. The lowest BCUT2D eigenvalue weighted by molar-refractivity contribution is -0.117. The zero-order valence-electron chi connectivity index (χ0n) is 16.2. The minimum Gasteiger partial charge on any atom is -0.494 e. The van der Waals surface area contributed by atoms with E-state index in [1.54, 1.807) is 17.0 Å². The Balaban J connectivity index is 1.44. The molecule has 0 N–H and O–H groups in total. The summed E-state index contributed by atoms with van der Waals surface area (Å²) >= 11 is 5.94. The summed E-state index contributed by atoms with van der Waals surface area (Å²) in [6, 6.07) is 14.9. The van der Waals surface area contributed by atoms with Crippen LogP contribution >= 0.6 is 11.6 Å². The first-order valence-corrected chi connectivity index (χ1v) is 10.1. The van der Waals surface area contributed by atoms with Crippen molar-refractivity contribution in [1.29, 1.82) is 0 Å². The molecule has 0 aliphatic carbocycles. The molecule has 2 aromatic carbocycles. The van der Waals surface area contributed by atoms with Gasteiger partial charge in [-0.05, 0) is 55.0 Å². The molecule has 0 radical (unpaired) electrons. The first-order chi connectivity index (χ1) is 14.1. The number of hydrogen-bond acceptors (Lipinski definition) is 5. The lowest BCUT2D eigenvalue weighted by atomic mass is 10.1. The molecule has 0 bridgehead atoms. The van der Waals surface area contributed by atoms with Crippen LogP contribution in [0.3, 0.4) is 0 Å². The van der Waals surface area contributed by atoms with Crippen LogP contribution in [0.4, 0.5) is 5.69 Å². The van der Waals surface area contributed by atoms with Crippen LogP contribution in [0.1, 0.15) is 38.0 Å². The smallest absolute Gasteiger partial charge is 0.232 e. The van der Waals surface area contributed by atoms with E-state index in [9.17, 15) is 4.79 Å². The van der Waals surface area contributed by atoms with Gasteiger partial charge in [0, 0.05) is 29.2 Å². The molecule has 150 valence electrons. The van der Waals surface area contributed by atoms with Gasteiger partial charge in [-0.25, -0.2) is 0 Å². The van der Waals surface area contributed by atoms with Crippen molar-refractivity contribution >= 4 is 23.2 Å². The third-order valence-corrected chi connectivity index (χ3v) is 5.19. The number of benzene rings is 2. The van der Waals surface area contributed by atoms with E-state index < -0.39 is 0 Å². The quantitative estimate of drug-likeness (QED) is 0.506. The molecule has 1 fully saturated rings. The van der Waals surface area contributed by atoms with Crippen molar-refractivity contribution in [3.8, 4) is 17.1 Å². The second-order valence-electron chi connectivity index (χ2n) is 7.06. The van der Waals surface area contributed by atoms with Gasteiger partial charge in [0.05, 0.1) is 12.5 Å². The Morgan fingerprint density at radius 2 is 1.93 bits per heavy atom. The van der Waals surface area contributed by atoms with E-state index in [2.05, 4.69) is 17.1 Å². The molecule has 1 atom stereocenters. The predicted molar refractivity (Wildman–Crippen MR) is 111 cm³/mol. The number of amides is 1. The van der Waals surface area contributed by atoms with Gasteiger partial charge in [0.15, 0.2) is 0 Å². The summed E-state index contributed by atoms with van der Waals surface area (Å²) in [5.74, 6) is 1.72. The van der Waals surface area contributed by atoms with E-state index >= 15 is 0 Å². The highest BCUT2D eigenvalue weighted by atomic mass is 35.5. The summed E-state index contributed by atoms with van der Waals surface area (Å²) in [5.41, 5.74) is 1.67. The Labute approximate surface area is 174 Å². The van der Waals surface area contributed by atoms with Crippen LogP contribution in [0.2, 0.25) is 5.02 Å². The largest absolute Gasteiger partial charge is 0.494 e. The lowest BCUT2D eigenvalue weighted by Gasteiger charge is -2.15. The van der Waals surface area contributed by atoms with Gasteiger partial charge in [-0.3, -0.25) is 4.79 Å². The van der Waals surface area contributed by atoms with Crippen LogP contribution in [0.25, 0.3) is 11.4 Å². The van der Waals surface area contributed by atoms with Crippen LogP contribution in [-0.4, -0.2) is 29.2 Å². The minimum atomic E-state index is -0.129. The normalized spacial score (nSPS) is 16.4. The summed E-state index contributed by atoms with van der Waals surface area (Å²) < 4.78 is 11.2. The maximum absolute atomic E-state index is 12.5. The number of rotatable bonds is 7. The van der Waals surface area contributed by atoms with Crippen LogP contribution < -0.4 is 9.64 Å². The first-order valence-electron chi connectivity index (χ1n) is 9.77. The SMILES string of the molecule is CCCCOc1ccc(-c2noc(C3CC(=O)N(c4ccc(Cl)cc4)C3)n2)cc1. The standard InChI is InChI=1S/C22H22ClN3O3/c1-2-3-12-28-19-10-4-15(5-11-19)21-24-22(29-25-21)16-13-20(27)26(14-16)18-8-6-17(23)7-9-18/h4-11,16H,2-3,12-14H2,1H3. The highest BCUT2D eigenvalue weighted by Crippen LogP contribution is 2.32. The number of halogens is 1. The summed E-state index contributed by atoms with van der Waals surface area (Å²) in [4.78, 5) is 18.7. The fourth-order valence-electron chi connectivity index (χ4n) is 3.30. The maximum atomic E-state index is 12.5. The molecule has 1 aliphatic heterocycles.